The first-order chi connectivity index (χ1) is 15.9. The molecule has 3 aliphatic rings. The quantitative estimate of drug-likeness (QED) is 0.586. The van der Waals surface area contributed by atoms with E-state index in [-0.39, 0.29) is 35.0 Å². The molecule has 6 heteroatoms. The third-order valence-electron chi connectivity index (χ3n) is 8.22. The van der Waals surface area contributed by atoms with Gasteiger partial charge in [-0.05, 0) is 92.3 Å². The zero-order valence-corrected chi connectivity index (χ0v) is 20.2. The summed E-state index contributed by atoms with van der Waals surface area (Å²) in [6.45, 7) is 0.702. The molecular formula is C27H29BrFNO3. The van der Waals surface area contributed by atoms with Crippen molar-refractivity contribution in [1.82, 2.24) is 4.90 Å². The zero-order chi connectivity index (χ0) is 23.2. The first kappa shape index (κ1) is 22.6. The van der Waals surface area contributed by atoms with Gasteiger partial charge in [0.15, 0.2) is 0 Å². The molecule has 1 saturated heterocycles. The average molecular weight is 514 g/mol. The molecule has 0 radical (unpaired) electrons. The number of carboxylic acid groups (broad SMARTS) is 1. The molecule has 4 nitrogen and oxygen atoms in total. The predicted octanol–water partition coefficient (Wildman–Crippen LogP) is 5.51. The Bertz CT molecular complexity index is 1080. The van der Waals surface area contributed by atoms with Crippen LogP contribution in [0.15, 0.2) is 46.9 Å². The van der Waals surface area contributed by atoms with Crippen LogP contribution in [0.2, 0.25) is 0 Å². The van der Waals surface area contributed by atoms with E-state index >= 15 is 0 Å². The van der Waals surface area contributed by atoms with E-state index in [1.807, 2.05) is 6.07 Å². The van der Waals surface area contributed by atoms with Crippen LogP contribution in [0.25, 0.3) is 0 Å². The first-order valence-corrected chi connectivity index (χ1v) is 12.7. The van der Waals surface area contributed by atoms with Crippen LogP contribution < -0.4 is 0 Å². The van der Waals surface area contributed by atoms with Gasteiger partial charge in [-0.2, -0.15) is 0 Å². The van der Waals surface area contributed by atoms with Crippen LogP contribution in [0.3, 0.4) is 0 Å². The fraction of sp³-hybridized carbons (Fsp3) is 0.481. The van der Waals surface area contributed by atoms with E-state index in [9.17, 15) is 19.1 Å². The molecule has 0 aromatic heterocycles. The number of benzene rings is 2. The summed E-state index contributed by atoms with van der Waals surface area (Å²) < 4.78 is 15.1. The monoisotopic (exact) mass is 513 g/mol. The van der Waals surface area contributed by atoms with Gasteiger partial charge in [-0.15, -0.1) is 0 Å². The lowest BCUT2D eigenvalue weighted by molar-refractivity contribution is -0.146. The Hall–Kier alpha value is -2.21. The number of aliphatic carboxylic acids is 1. The SMILES string of the molecule is O=C(O)[C@H]1CC[C@H](C(=O)N2CCC3(Cc4cccc(F)c4)c4ccc(Br)cc4CCC23)CC1. The average Bonchev–Trinajstić information content (AvgIpc) is 3.17. The summed E-state index contributed by atoms with van der Waals surface area (Å²) in [5, 5.41) is 9.31. The highest BCUT2D eigenvalue weighted by atomic mass is 79.9. The molecule has 5 rings (SSSR count). The van der Waals surface area contributed by atoms with Gasteiger partial charge in [0.05, 0.1) is 5.92 Å². The highest BCUT2D eigenvalue weighted by molar-refractivity contribution is 9.10. The van der Waals surface area contributed by atoms with E-state index < -0.39 is 5.97 Å². The van der Waals surface area contributed by atoms with Crippen LogP contribution in [0.1, 0.15) is 55.2 Å². The van der Waals surface area contributed by atoms with Gasteiger partial charge in [0.25, 0.3) is 0 Å². The van der Waals surface area contributed by atoms with Crippen LogP contribution >= 0.6 is 15.9 Å². The van der Waals surface area contributed by atoms with Crippen molar-refractivity contribution in [2.24, 2.45) is 11.8 Å². The van der Waals surface area contributed by atoms with Crippen molar-refractivity contribution in [1.29, 1.82) is 0 Å². The molecule has 33 heavy (non-hydrogen) atoms. The number of carbonyl (C=O) groups is 2. The van der Waals surface area contributed by atoms with E-state index in [1.54, 1.807) is 12.1 Å². The smallest absolute Gasteiger partial charge is 0.306 e. The lowest BCUT2D eigenvalue weighted by Gasteiger charge is -2.44. The standard InChI is InChI=1S/C27H29BrFNO3/c28-21-9-10-23-20(15-21)8-11-24-27(23,16-17-2-1-3-22(29)14-17)12-13-30(24)25(31)18-4-6-19(7-5-18)26(32)33/h1-3,9-10,14-15,18-19,24H,4-8,11-13,16H2,(H,32,33)/t18-,19-,24?,27?. The minimum absolute atomic E-state index is 0.0825. The van der Waals surface area contributed by atoms with Gasteiger partial charge in [-0.1, -0.05) is 34.1 Å². The molecule has 1 amide bonds. The molecule has 0 bridgehead atoms. The number of aryl methyl sites for hydroxylation is 1. The lowest BCUT2D eigenvalue weighted by atomic mass is 9.64. The van der Waals surface area contributed by atoms with E-state index in [1.165, 1.54) is 17.2 Å². The molecule has 1 aliphatic heterocycles. The number of carboxylic acids is 1. The van der Waals surface area contributed by atoms with Crippen LogP contribution in [0.5, 0.6) is 0 Å². The highest BCUT2D eigenvalue weighted by Gasteiger charge is 2.53. The van der Waals surface area contributed by atoms with Crippen LogP contribution in [0.4, 0.5) is 4.39 Å². The largest absolute Gasteiger partial charge is 0.481 e. The molecule has 1 saturated carbocycles. The van der Waals surface area contributed by atoms with Crippen LogP contribution in [-0.2, 0) is 27.8 Å². The fourth-order valence-electron chi connectivity index (χ4n) is 6.63. The van der Waals surface area contributed by atoms with Crippen molar-refractivity contribution in [3.63, 3.8) is 0 Å². The molecule has 2 fully saturated rings. The number of rotatable bonds is 4. The molecule has 1 heterocycles. The maximum absolute atomic E-state index is 14.0. The molecule has 2 unspecified atom stereocenters. The Morgan fingerprint density at radius 3 is 2.55 bits per heavy atom. The Labute approximate surface area is 202 Å². The van der Waals surface area contributed by atoms with Crippen LogP contribution in [0, 0.1) is 17.7 Å². The number of carbonyl (C=O) groups excluding carboxylic acids is 1. The molecule has 2 aromatic carbocycles. The van der Waals surface area contributed by atoms with Gasteiger partial charge >= 0.3 is 5.97 Å². The molecule has 2 atom stereocenters. The van der Waals surface area contributed by atoms with Gasteiger partial charge in [-0.3, -0.25) is 9.59 Å². The van der Waals surface area contributed by atoms with Crippen molar-refractivity contribution in [3.05, 3.63) is 69.4 Å². The van der Waals surface area contributed by atoms with Crippen molar-refractivity contribution >= 4 is 27.8 Å². The molecule has 2 aromatic rings. The fourth-order valence-corrected chi connectivity index (χ4v) is 7.04. The van der Waals surface area contributed by atoms with Crippen molar-refractivity contribution in [3.8, 4) is 0 Å². The molecule has 0 spiro atoms. The molecular weight excluding hydrogens is 485 g/mol. The molecule has 174 valence electrons. The minimum atomic E-state index is -0.744. The summed E-state index contributed by atoms with van der Waals surface area (Å²) >= 11 is 3.60. The number of amides is 1. The van der Waals surface area contributed by atoms with E-state index in [0.29, 0.717) is 38.6 Å². The van der Waals surface area contributed by atoms with Gasteiger partial charge < -0.3 is 10.0 Å². The maximum Gasteiger partial charge on any atom is 0.306 e. The van der Waals surface area contributed by atoms with E-state index in [2.05, 4.69) is 39.0 Å². The summed E-state index contributed by atoms with van der Waals surface area (Å²) in [4.78, 5) is 27.1. The second-order valence-corrected chi connectivity index (χ2v) is 10.9. The predicted molar refractivity (Wildman–Crippen MR) is 127 cm³/mol. The summed E-state index contributed by atoms with van der Waals surface area (Å²) in [6, 6.07) is 13.4. The van der Waals surface area contributed by atoms with E-state index in [4.69, 9.17) is 0 Å². The Kier molecular flexibility index (Phi) is 6.06. The van der Waals surface area contributed by atoms with Crippen molar-refractivity contribution in [2.45, 2.75) is 62.8 Å². The number of hydrogen-bond acceptors (Lipinski definition) is 2. The van der Waals surface area contributed by atoms with Crippen molar-refractivity contribution in [2.75, 3.05) is 6.54 Å². The summed E-state index contributed by atoms with van der Waals surface area (Å²) in [7, 11) is 0. The number of halogens is 2. The van der Waals surface area contributed by atoms with Gasteiger partial charge in [0.2, 0.25) is 5.91 Å². The number of likely N-dealkylation sites (tertiary alicyclic amines) is 1. The van der Waals surface area contributed by atoms with Gasteiger partial charge in [0, 0.05) is 28.4 Å². The first-order valence-electron chi connectivity index (χ1n) is 11.9. The van der Waals surface area contributed by atoms with E-state index in [0.717, 1.165) is 29.3 Å². The summed E-state index contributed by atoms with van der Waals surface area (Å²) in [5.41, 5.74) is 3.34. The second-order valence-electron chi connectivity index (χ2n) is 9.99. The maximum atomic E-state index is 14.0. The summed E-state index contributed by atoms with van der Waals surface area (Å²) in [5.74, 6) is -1.19. The third kappa shape index (κ3) is 4.11. The normalized spacial score (nSPS) is 28.8. The Morgan fingerprint density at radius 1 is 1.06 bits per heavy atom. The summed E-state index contributed by atoms with van der Waals surface area (Å²) in [6.07, 6.45) is 5.84. The Balaban J connectivity index is 1.46. The van der Waals surface area contributed by atoms with Gasteiger partial charge in [0.1, 0.15) is 5.82 Å². The van der Waals surface area contributed by atoms with Crippen molar-refractivity contribution < 1.29 is 19.1 Å². The second kappa shape index (κ2) is 8.86. The lowest BCUT2D eigenvalue weighted by Crippen LogP contribution is -2.50. The molecule has 2 aliphatic carbocycles. The zero-order valence-electron chi connectivity index (χ0n) is 18.6. The topological polar surface area (TPSA) is 57.6 Å². The minimum Gasteiger partial charge on any atom is -0.481 e. The number of fused-ring (bicyclic) bond motifs is 3. The third-order valence-corrected chi connectivity index (χ3v) is 8.71. The number of nitrogens with zero attached hydrogens (tertiary/aromatic N) is 1. The highest BCUT2D eigenvalue weighted by Crippen LogP contribution is 2.50. The van der Waals surface area contributed by atoms with Crippen LogP contribution in [-0.4, -0.2) is 34.5 Å². The molecule has 1 N–H and O–H groups in total. The number of hydrogen-bond donors (Lipinski definition) is 1. The Morgan fingerprint density at radius 2 is 1.82 bits per heavy atom. The van der Waals surface area contributed by atoms with Gasteiger partial charge in [-0.25, -0.2) is 4.39 Å².